The van der Waals surface area contributed by atoms with E-state index < -0.39 is 5.60 Å². The van der Waals surface area contributed by atoms with Crippen molar-refractivity contribution in [2.24, 2.45) is 22.7 Å². The Morgan fingerprint density at radius 2 is 1.86 bits per heavy atom. The Hall–Kier alpha value is -1.58. The predicted molar refractivity (Wildman–Crippen MR) is 112 cm³/mol. The van der Waals surface area contributed by atoms with E-state index in [9.17, 15) is 9.59 Å². The minimum atomic E-state index is -0.672. The molecule has 0 N–H and O–H groups in total. The standard InChI is InChI=1S/C24H38O4/c1-9-23(7,28-18(4)26)14-11-19-16(2)15-20(27-17(3)25)21-22(5,6)12-10-13-24(19,21)8/h9,19-21H,1-2,10-15H2,3-8H3/t19?,20-,21-,23+,24+/m0/s1. The van der Waals surface area contributed by atoms with Gasteiger partial charge in [-0.15, -0.1) is 0 Å². The molecule has 2 fully saturated rings. The van der Waals surface area contributed by atoms with E-state index in [1.165, 1.54) is 20.3 Å². The fourth-order valence-corrected chi connectivity index (χ4v) is 6.24. The number of ether oxygens (including phenoxy) is 2. The summed E-state index contributed by atoms with van der Waals surface area (Å²) in [6.45, 7) is 20.1. The van der Waals surface area contributed by atoms with Gasteiger partial charge in [-0.25, -0.2) is 0 Å². The molecule has 2 rings (SSSR count). The van der Waals surface area contributed by atoms with E-state index in [-0.39, 0.29) is 34.8 Å². The van der Waals surface area contributed by atoms with Crippen LogP contribution in [0, 0.1) is 22.7 Å². The number of esters is 2. The summed E-state index contributed by atoms with van der Waals surface area (Å²) in [6, 6.07) is 0. The van der Waals surface area contributed by atoms with Gasteiger partial charge in [0.25, 0.3) is 0 Å². The van der Waals surface area contributed by atoms with Crippen molar-refractivity contribution >= 4 is 11.9 Å². The van der Waals surface area contributed by atoms with E-state index in [4.69, 9.17) is 9.47 Å². The zero-order valence-electron chi connectivity index (χ0n) is 18.6. The third-order valence-electron chi connectivity index (χ3n) is 7.27. The van der Waals surface area contributed by atoms with Crippen LogP contribution in [0.4, 0.5) is 0 Å². The molecule has 2 aliphatic carbocycles. The highest BCUT2D eigenvalue weighted by Gasteiger charge is 2.57. The first-order valence-corrected chi connectivity index (χ1v) is 10.5. The zero-order chi connectivity index (χ0) is 21.3. The minimum absolute atomic E-state index is 0.00943. The van der Waals surface area contributed by atoms with Gasteiger partial charge in [0.1, 0.15) is 11.7 Å². The lowest BCUT2D eigenvalue weighted by Crippen LogP contribution is -2.56. The Labute approximate surface area is 170 Å². The normalized spacial score (nSPS) is 33.9. The van der Waals surface area contributed by atoms with E-state index in [1.807, 2.05) is 6.92 Å². The van der Waals surface area contributed by atoms with Crippen molar-refractivity contribution in [3.8, 4) is 0 Å². The highest BCUT2D eigenvalue weighted by molar-refractivity contribution is 5.67. The Morgan fingerprint density at radius 3 is 2.39 bits per heavy atom. The summed E-state index contributed by atoms with van der Waals surface area (Å²) in [5, 5.41) is 0. The molecule has 0 heterocycles. The summed E-state index contributed by atoms with van der Waals surface area (Å²) in [7, 11) is 0. The fourth-order valence-electron chi connectivity index (χ4n) is 6.24. The average Bonchev–Trinajstić information content (AvgIpc) is 2.51. The van der Waals surface area contributed by atoms with E-state index in [2.05, 4.69) is 33.9 Å². The molecule has 0 aliphatic heterocycles. The summed E-state index contributed by atoms with van der Waals surface area (Å²) in [5.74, 6) is 0.0901. The monoisotopic (exact) mass is 390 g/mol. The van der Waals surface area contributed by atoms with Crippen molar-refractivity contribution < 1.29 is 19.1 Å². The van der Waals surface area contributed by atoms with Crippen molar-refractivity contribution in [2.75, 3.05) is 0 Å². The average molecular weight is 391 g/mol. The second-order valence-electron chi connectivity index (χ2n) is 10.0. The smallest absolute Gasteiger partial charge is 0.303 e. The largest absolute Gasteiger partial charge is 0.462 e. The maximum absolute atomic E-state index is 11.8. The van der Waals surface area contributed by atoms with Crippen molar-refractivity contribution in [2.45, 2.75) is 91.8 Å². The Bertz CT molecular complexity index is 649. The molecule has 0 spiro atoms. The van der Waals surface area contributed by atoms with Gasteiger partial charge in [0, 0.05) is 26.2 Å². The Kier molecular flexibility index (Phi) is 6.52. The first-order valence-electron chi connectivity index (χ1n) is 10.5. The fraction of sp³-hybridized carbons (Fsp3) is 0.750. The van der Waals surface area contributed by atoms with E-state index in [1.54, 1.807) is 6.08 Å². The molecule has 158 valence electrons. The van der Waals surface area contributed by atoms with Crippen LogP contribution in [-0.4, -0.2) is 23.6 Å². The first kappa shape index (κ1) is 22.7. The molecular weight excluding hydrogens is 352 g/mol. The zero-order valence-corrected chi connectivity index (χ0v) is 18.6. The third kappa shape index (κ3) is 4.52. The number of hydrogen-bond donors (Lipinski definition) is 0. The first-order chi connectivity index (χ1) is 12.8. The van der Waals surface area contributed by atoms with Crippen molar-refractivity contribution in [1.29, 1.82) is 0 Å². The van der Waals surface area contributed by atoms with Gasteiger partial charge >= 0.3 is 11.9 Å². The number of hydrogen-bond acceptors (Lipinski definition) is 4. The van der Waals surface area contributed by atoms with Crippen LogP contribution in [0.15, 0.2) is 24.8 Å². The molecule has 28 heavy (non-hydrogen) atoms. The number of carbonyl (C=O) groups is 2. The Balaban J connectivity index is 2.32. The summed E-state index contributed by atoms with van der Waals surface area (Å²) < 4.78 is 11.4. The van der Waals surface area contributed by atoms with Crippen LogP contribution >= 0.6 is 0 Å². The Morgan fingerprint density at radius 1 is 1.21 bits per heavy atom. The van der Waals surface area contributed by atoms with E-state index in [0.717, 1.165) is 24.8 Å². The van der Waals surface area contributed by atoms with Gasteiger partial charge in [-0.1, -0.05) is 45.9 Å². The molecule has 4 nitrogen and oxygen atoms in total. The van der Waals surface area contributed by atoms with Gasteiger partial charge in [0.15, 0.2) is 0 Å². The van der Waals surface area contributed by atoms with Gasteiger partial charge in [0.05, 0.1) is 0 Å². The summed E-state index contributed by atoms with van der Waals surface area (Å²) in [6.07, 6.45) is 7.33. The molecule has 0 aromatic heterocycles. The van der Waals surface area contributed by atoms with E-state index in [0.29, 0.717) is 18.8 Å². The maximum Gasteiger partial charge on any atom is 0.303 e. The van der Waals surface area contributed by atoms with Crippen molar-refractivity contribution in [3.05, 3.63) is 24.8 Å². The lowest BCUT2D eigenvalue weighted by atomic mass is 9.46. The third-order valence-corrected chi connectivity index (χ3v) is 7.27. The van der Waals surface area contributed by atoms with Crippen molar-refractivity contribution in [1.82, 2.24) is 0 Å². The van der Waals surface area contributed by atoms with Crippen LogP contribution in [0.1, 0.15) is 80.1 Å². The molecule has 4 heteroatoms. The van der Waals surface area contributed by atoms with Gasteiger partial charge in [-0.2, -0.15) is 0 Å². The second-order valence-corrected chi connectivity index (χ2v) is 10.0. The number of fused-ring (bicyclic) bond motifs is 1. The van der Waals surface area contributed by atoms with Crippen LogP contribution in [0.5, 0.6) is 0 Å². The van der Waals surface area contributed by atoms with Gasteiger partial charge < -0.3 is 9.47 Å². The van der Waals surface area contributed by atoms with Crippen LogP contribution in [0.25, 0.3) is 0 Å². The molecule has 2 saturated carbocycles. The molecular formula is C24H38O4. The maximum atomic E-state index is 11.8. The van der Waals surface area contributed by atoms with Crippen LogP contribution < -0.4 is 0 Å². The molecule has 0 radical (unpaired) electrons. The minimum Gasteiger partial charge on any atom is -0.462 e. The van der Waals surface area contributed by atoms with Crippen molar-refractivity contribution in [3.63, 3.8) is 0 Å². The highest BCUT2D eigenvalue weighted by Crippen LogP contribution is 2.62. The van der Waals surface area contributed by atoms with Gasteiger partial charge in [-0.3, -0.25) is 9.59 Å². The summed E-state index contributed by atoms with van der Waals surface area (Å²) in [5.41, 5.74) is 0.589. The topological polar surface area (TPSA) is 52.6 Å². The molecule has 0 bridgehead atoms. The van der Waals surface area contributed by atoms with Gasteiger partial charge in [-0.05, 0) is 55.4 Å². The second kappa shape index (κ2) is 8.04. The lowest BCUT2D eigenvalue weighted by molar-refractivity contribution is -0.171. The van der Waals surface area contributed by atoms with Crippen LogP contribution in [0.3, 0.4) is 0 Å². The SMILES string of the molecule is C=C[C@](C)(CCC1C(=C)C[C@H](OC(C)=O)[C@H]2C(C)(C)CCC[C@]12C)OC(C)=O. The molecule has 2 aliphatic rings. The van der Waals surface area contributed by atoms with Crippen LogP contribution in [0.2, 0.25) is 0 Å². The lowest BCUT2D eigenvalue weighted by Gasteiger charge is -2.60. The summed E-state index contributed by atoms with van der Waals surface area (Å²) in [4.78, 5) is 23.3. The van der Waals surface area contributed by atoms with Gasteiger partial charge in [0.2, 0.25) is 0 Å². The quantitative estimate of drug-likeness (QED) is 0.437. The van der Waals surface area contributed by atoms with E-state index >= 15 is 0 Å². The van der Waals surface area contributed by atoms with Crippen LogP contribution in [-0.2, 0) is 19.1 Å². The summed E-state index contributed by atoms with van der Waals surface area (Å²) >= 11 is 0. The molecule has 1 unspecified atom stereocenters. The molecule has 0 aromatic rings. The highest BCUT2D eigenvalue weighted by atomic mass is 16.6. The molecule has 0 saturated heterocycles. The number of carbonyl (C=O) groups excluding carboxylic acids is 2. The predicted octanol–water partition coefficient (Wildman–Crippen LogP) is 5.61. The molecule has 0 aromatic carbocycles. The number of rotatable bonds is 6. The molecule has 0 amide bonds. The molecule has 5 atom stereocenters.